The van der Waals surface area contributed by atoms with Gasteiger partial charge in [-0.25, -0.2) is 4.79 Å². The molecule has 4 heterocycles. The maximum Gasteiger partial charge on any atom is 0.410 e. The van der Waals surface area contributed by atoms with Gasteiger partial charge in [-0.15, -0.1) is 0 Å². The fourth-order valence-electron chi connectivity index (χ4n) is 7.34. The Morgan fingerprint density at radius 1 is 0.939 bits per heavy atom. The Hall–Kier alpha value is -4.92. The second kappa shape index (κ2) is 14.7. The molecule has 0 bridgehead atoms. The van der Waals surface area contributed by atoms with Crippen LogP contribution in [0.25, 0.3) is 10.8 Å². The molecule has 0 radical (unpaired) electrons. The quantitative estimate of drug-likeness (QED) is 0.242. The highest BCUT2D eigenvalue weighted by molar-refractivity contribution is 5.94. The van der Waals surface area contributed by atoms with Gasteiger partial charge in [0.15, 0.2) is 0 Å². The van der Waals surface area contributed by atoms with Gasteiger partial charge in [0.25, 0.3) is 0 Å². The van der Waals surface area contributed by atoms with Crippen LogP contribution in [-0.2, 0) is 29.0 Å². The van der Waals surface area contributed by atoms with Crippen LogP contribution < -0.4 is 14.5 Å². The zero-order valence-corrected chi connectivity index (χ0v) is 28.2. The average molecular weight is 662 g/mol. The monoisotopic (exact) mass is 661 g/mol. The van der Waals surface area contributed by atoms with Crippen molar-refractivity contribution in [2.24, 2.45) is 0 Å². The van der Waals surface area contributed by atoms with Crippen molar-refractivity contribution in [1.82, 2.24) is 19.8 Å². The van der Waals surface area contributed by atoms with Crippen molar-refractivity contribution < 1.29 is 19.0 Å². The van der Waals surface area contributed by atoms with E-state index in [1.807, 2.05) is 30.3 Å². The summed E-state index contributed by atoms with van der Waals surface area (Å²) in [5.41, 5.74) is 4.14. The zero-order valence-electron chi connectivity index (χ0n) is 28.2. The van der Waals surface area contributed by atoms with Crippen molar-refractivity contribution in [3.05, 3.63) is 89.6 Å². The van der Waals surface area contributed by atoms with Crippen molar-refractivity contribution in [3.8, 4) is 12.1 Å². The van der Waals surface area contributed by atoms with E-state index in [0.717, 1.165) is 48.6 Å². The first-order valence-corrected chi connectivity index (χ1v) is 17.1. The lowest BCUT2D eigenvalue weighted by molar-refractivity contribution is 0.0767. The highest BCUT2D eigenvalue weighted by Gasteiger charge is 2.35. The van der Waals surface area contributed by atoms with Gasteiger partial charge in [-0.3, -0.25) is 4.90 Å². The van der Waals surface area contributed by atoms with Crippen LogP contribution >= 0.6 is 0 Å². The van der Waals surface area contributed by atoms with Crippen LogP contribution in [0.4, 0.5) is 16.3 Å². The molecular formula is C38H43N7O4. The van der Waals surface area contributed by atoms with Crippen molar-refractivity contribution in [3.63, 3.8) is 0 Å². The number of ether oxygens (including phenoxy) is 3. The van der Waals surface area contributed by atoms with Crippen LogP contribution in [0.2, 0.25) is 0 Å². The molecule has 3 aliphatic heterocycles. The molecule has 0 spiro atoms. The Kier molecular flexibility index (Phi) is 9.77. The summed E-state index contributed by atoms with van der Waals surface area (Å²) in [6.45, 7) is 4.38. The average Bonchev–Trinajstić information content (AvgIpc) is 3.51. The smallest absolute Gasteiger partial charge is 0.410 e. The third-order valence-electron chi connectivity index (χ3n) is 10.1. The van der Waals surface area contributed by atoms with Gasteiger partial charge in [0, 0.05) is 62.5 Å². The van der Waals surface area contributed by atoms with Crippen LogP contribution in [0.15, 0.2) is 72.8 Å². The first kappa shape index (κ1) is 32.6. The molecule has 0 aliphatic carbocycles. The van der Waals surface area contributed by atoms with Crippen molar-refractivity contribution in [1.29, 1.82) is 5.26 Å². The molecule has 3 aliphatic rings. The van der Waals surface area contributed by atoms with Gasteiger partial charge in [0.1, 0.15) is 19.0 Å². The van der Waals surface area contributed by atoms with Crippen molar-refractivity contribution in [2.45, 2.75) is 50.6 Å². The number of benzene rings is 3. The minimum atomic E-state index is -0.404. The summed E-state index contributed by atoms with van der Waals surface area (Å²) < 4.78 is 17.7. The highest BCUT2D eigenvalue weighted by Crippen LogP contribution is 2.35. The minimum Gasteiger partial charge on any atom is -0.462 e. The number of hydrogen-bond donors (Lipinski definition) is 0. The number of anilines is 2. The van der Waals surface area contributed by atoms with E-state index in [-0.39, 0.29) is 31.2 Å². The number of amides is 1. The Morgan fingerprint density at radius 2 is 1.76 bits per heavy atom. The topological polar surface area (TPSA) is 107 Å². The molecule has 3 atom stereocenters. The Balaban J connectivity index is 1.15. The summed E-state index contributed by atoms with van der Waals surface area (Å²) in [6, 6.07) is 27.0. The second-order valence-electron chi connectivity index (χ2n) is 13.1. The lowest BCUT2D eigenvalue weighted by Crippen LogP contribution is -2.55. The van der Waals surface area contributed by atoms with Crippen LogP contribution in [0, 0.1) is 11.3 Å². The summed E-state index contributed by atoms with van der Waals surface area (Å²) in [4.78, 5) is 31.8. The van der Waals surface area contributed by atoms with Gasteiger partial charge in [-0.2, -0.15) is 15.2 Å². The molecule has 0 saturated carbocycles. The SMILES string of the molecule is CO[C@@H]1C[C@@H](COc2nc3c(c(N4CCN(C(=O)OCc5ccccc5)C(CC#N)C4)n2)CCN(c2cccc4ccccc24)C3)N(C)C1. The molecule has 0 N–H and O–H groups in total. The van der Waals surface area contributed by atoms with Crippen LogP contribution in [-0.4, -0.2) is 97.5 Å². The predicted molar refractivity (Wildman–Crippen MR) is 188 cm³/mol. The molecule has 11 nitrogen and oxygen atoms in total. The Morgan fingerprint density at radius 3 is 2.57 bits per heavy atom. The number of nitrogens with zero attached hydrogens (tertiary/aromatic N) is 7. The molecule has 4 aromatic rings. The number of likely N-dealkylation sites (N-methyl/N-ethyl adjacent to an activating group) is 1. The van der Waals surface area contributed by atoms with Crippen LogP contribution in [0.5, 0.6) is 6.01 Å². The number of nitriles is 1. The van der Waals surface area contributed by atoms with Gasteiger partial charge in [0.2, 0.25) is 0 Å². The number of rotatable bonds is 9. The summed E-state index contributed by atoms with van der Waals surface area (Å²) >= 11 is 0. The fourth-order valence-corrected chi connectivity index (χ4v) is 7.34. The number of aromatic nitrogens is 2. The van der Waals surface area contributed by atoms with Crippen molar-refractivity contribution in [2.75, 3.05) is 63.3 Å². The van der Waals surface area contributed by atoms with E-state index in [1.54, 1.807) is 12.0 Å². The van der Waals surface area contributed by atoms with E-state index in [4.69, 9.17) is 24.2 Å². The first-order valence-electron chi connectivity index (χ1n) is 17.1. The third-order valence-corrected chi connectivity index (χ3v) is 10.1. The molecular weight excluding hydrogens is 618 g/mol. The van der Waals surface area contributed by atoms with Gasteiger partial charge in [-0.1, -0.05) is 66.7 Å². The number of hydrogen-bond acceptors (Lipinski definition) is 10. The molecule has 254 valence electrons. The number of carbonyl (C=O) groups excluding carboxylic acids is 1. The zero-order chi connectivity index (χ0) is 33.7. The second-order valence-corrected chi connectivity index (χ2v) is 13.1. The Bertz CT molecular complexity index is 1810. The van der Waals surface area contributed by atoms with Gasteiger partial charge in [0.05, 0.1) is 36.9 Å². The minimum absolute atomic E-state index is 0.181. The fraction of sp³-hybridized carbons (Fsp3) is 0.421. The molecule has 1 aromatic heterocycles. The summed E-state index contributed by atoms with van der Waals surface area (Å²) in [7, 11) is 3.85. The molecule has 11 heteroatoms. The lowest BCUT2D eigenvalue weighted by atomic mass is 10.0. The maximum atomic E-state index is 13.2. The number of likely N-dealkylation sites (tertiary alicyclic amines) is 1. The summed E-state index contributed by atoms with van der Waals surface area (Å²) in [5.74, 6) is 0.826. The normalized spacial score (nSPS) is 21.0. The molecule has 3 aromatic carbocycles. The van der Waals surface area contributed by atoms with Crippen molar-refractivity contribution >= 4 is 28.4 Å². The molecule has 1 unspecified atom stereocenters. The van der Waals surface area contributed by atoms with E-state index < -0.39 is 6.09 Å². The number of methoxy groups -OCH3 is 1. The standard InChI is InChI=1S/C38H43N7O4/c1-42-23-31(47-2)21-30(42)26-48-37-40-34-24-43(35-14-8-12-28-11-6-7-13-32(28)35)18-16-33(34)36(41-37)44-19-20-45(29(22-44)15-17-39)38(46)49-25-27-9-4-3-5-10-27/h3-14,29-31H,15-16,18-26H2,1-2H3/t29?,30-,31+/m0/s1. The molecule has 1 amide bonds. The lowest BCUT2D eigenvalue weighted by Gasteiger charge is -2.42. The van der Waals surface area contributed by atoms with Gasteiger partial charge in [-0.05, 0) is 36.9 Å². The van der Waals surface area contributed by atoms with E-state index in [0.29, 0.717) is 38.8 Å². The third kappa shape index (κ3) is 7.12. The largest absolute Gasteiger partial charge is 0.462 e. The molecule has 2 fully saturated rings. The summed E-state index contributed by atoms with van der Waals surface area (Å²) in [5, 5.41) is 12.2. The van der Waals surface area contributed by atoms with Crippen LogP contribution in [0.1, 0.15) is 29.7 Å². The molecule has 7 rings (SSSR count). The maximum absolute atomic E-state index is 13.2. The first-order chi connectivity index (χ1) is 24.0. The number of carbonyl (C=O) groups is 1. The molecule has 49 heavy (non-hydrogen) atoms. The Labute approximate surface area is 287 Å². The van der Waals surface area contributed by atoms with Gasteiger partial charge >= 0.3 is 12.1 Å². The van der Waals surface area contributed by atoms with E-state index >= 15 is 0 Å². The summed E-state index contributed by atoms with van der Waals surface area (Å²) in [6.07, 6.45) is 1.62. The van der Waals surface area contributed by atoms with E-state index in [1.165, 1.54) is 16.5 Å². The van der Waals surface area contributed by atoms with Crippen LogP contribution in [0.3, 0.4) is 0 Å². The van der Waals surface area contributed by atoms with E-state index in [9.17, 15) is 10.1 Å². The van der Waals surface area contributed by atoms with Gasteiger partial charge < -0.3 is 28.9 Å². The molecule has 2 saturated heterocycles. The number of fused-ring (bicyclic) bond motifs is 2. The highest BCUT2D eigenvalue weighted by atomic mass is 16.6. The number of piperazine rings is 1. The predicted octanol–water partition coefficient (Wildman–Crippen LogP) is 5.03. The van der Waals surface area contributed by atoms with E-state index in [2.05, 4.69) is 70.3 Å².